The molecule has 4 rings (SSSR count). The van der Waals surface area contributed by atoms with Gasteiger partial charge in [0, 0.05) is 30.0 Å². The maximum atomic E-state index is 13.2. The van der Waals surface area contributed by atoms with E-state index in [1.807, 2.05) is 13.0 Å². The number of aryl methyl sites for hydroxylation is 1. The minimum Gasteiger partial charge on any atom is -0.322 e. The van der Waals surface area contributed by atoms with Crippen molar-refractivity contribution in [3.63, 3.8) is 0 Å². The molecule has 1 aliphatic carbocycles. The number of hydrogen-bond acceptors (Lipinski definition) is 4. The molecule has 180 valence electrons. The van der Waals surface area contributed by atoms with E-state index in [1.165, 1.54) is 9.36 Å². The van der Waals surface area contributed by atoms with Crippen molar-refractivity contribution in [3.05, 3.63) is 59.7 Å². The van der Waals surface area contributed by atoms with Crippen molar-refractivity contribution in [2.45, 2.75) is 51.9 Å². The summed E-state index contributed by atoms with van der Waals surface area (Å²) in [5.74, 6) is -1.60. The summed E-state index contributed by atoms with van der Waals surface area (Å²) in [6.07, 6.45) is -1.38. The van der Waals surface area contributed by atoms with Crippen LogP contribution in [0, 0.1) is 5.92 Å². The zero-order valence-corrected chi connectivity index (χ0v) is 18.8. The highest BCUT2D eigenvalue weighted by molar-refractivity contribution is 6.08. The van der Waals surface area contributed by atoms with Gasteiger partial charge in [0.2, 0.25) is 5.91 Å². The van der Waals surface area contributed by atoms with Crippen molar-refractivity contribution < 1.29 is 22.8 Å². The molecule has 0 radical (unpaired) electrons. The molecule has 34 heavy (non-hydrogen) atoms. The molecule has 1 aliphatic rings. The lowest BCUT2D eigenvalue weighted by Crippen LogP contribution is -2.26. The number of para-hydroxylation sites is 1. The molecule has 1 aromatic carbocycles. The molecule has 1 unspecified atom stereocenters. The minimum absolute atomic E-state index is 0.0127. The first-order chi connectivity index (χ1) is 16.2. The molecule has 0 bridgehead atoms. The molecule has 2 N–H and O–H groups in total. The molecule has 1 saturated carbocycles. The summed E-state index contributed by atoms with van der Waals surface area (Å²) in [5, 5.41) is 13.4. The summed E-state index contributed by atoms with van der Waals surface area (Å²) < 4.78 is 42.3. The third-order valence-electron chi connectivity index (χ3n) is 5.58. The van der Waals surface area contributed by atoms with Gasteiger partial charge in [-0.2, -0.15) is 23.4 Å². The predicted octanol–water partition coefficient (Wildman–Crippen LogP) is 4.52. The minimum atomic E-state index is -4.55. The Morgan fingerprint density at radius 2 is 1.85 bits per heavy atom. The Kier molecular flexibility index (Phi) is 6.45. The fourth-order valence-electron chi connectivity index (χ4n) is 3.58. The van der Waals surface area contributed by atoms with E-state index < -0.39 is 29.6 Å². The topological polar surface area (TPSA) is 93.8 Å². The Labute approximate surface area is 194 Å². The van der Waals surface area contributed by atoms with Gasteiger partial charge in [0.05, 0.1) is 18.2 Å². The summed E-state index contributed by atoms with van der Waals surface area (Å²) in [6, 6.07) is 9.90. The van der Waals surface area contributed by atoms with E-state index in [0.717, 1.165) is 18.9 Å². The molecule has 0 saturated heterocycles. The van der Waals surface area contributed by atoms with E-state index in [1.54, 1.807) is 37.4 Å². The van der Waals surface area contributed by atoms with Crippen molar-refractivity contribution in [3.8, 4) is 0 Å². The fourth-order valence-corrected chi connectivity index (χ4v) is 3.58. The third kappa shape index (κ3) is 5.29. The van der Waals surface area contributed by atoms with Gasteiger partial charge in [-0.05, 0) is 38.0 Å². The Morgan fingerprint density at radius 3 is 2.47 bits per heavy atom. The number of alkyl halides is 3. The number of nitrogens with one attached hydrogen (secondary N) is 2. The van der Waals surface area contributed by atoms with Gasteiger partial charge in [0.1, 0.15) is 0 Å². The molecular formula is C23H25F3N6O2. The highest BCUT2D eigenvalue weighted by atomic mass is 19.4. The highest BCUT2D eigenvalue weighted by Crippen LogP contribution is 2.42. The number of amides is 2. The number of carbonyl (C=O) groups excluding carboxylic acids is 2. The standard InChI is InChI=1S/C23H25F3N6O2/c1-3-31-13-17(20(30-31)22(34)27-16-7-5-4-6-8-16)28-21(33)14(2)12-32-18(15-9-10-15)11-19(29-32)23(24,25)26/h4-8,11,13-15H,3,9-10,12H2,1-2H3,(H,27,34)(H,28,33). The number of nitrogens with zero attached hydrogens (tertiary/aromatic N) is 4. The number of hydrogen-bond donors (Lipinski definition) is 2. The van der Waals surface area contributed by atoms with Crippen molar-refractivity contribution in [2.24, 2.45) is 5.92 Å². The predicted molar refractivity (Wildman–Crippen MR) is 119 cm³/mol. The maximum Gasteiger partial charge on any atom is 0.435 e. The quantitative estimate of drug-likeness (QED) is 0.502. The Morgan fingerprint density at radius 1 is 1.15 bits per heavy atom. The van der Waals surface area contributed by atoms with Crippen LogP contribution in [0.4, 0.5) is 24.5 Å². The van der Waals surface area contributed by atoms with Gasteiger partial charge in [0.15, 0.2) is 11.4 Å². The number of benzene rings is 1. The van der Waals surface area contributed by atoms with Crippen LogP contribution in [0.3, 0.4) is 0 Å². The lowest BCUT2D eigenvalue weighted by molar-refractivity contribution is -0.141. The summed E-state index contributed by atoms with van der Waals surface area (Å²) >= 11 is 0. The summed E-state index contributed by atoms with van der Waals surface area (Å²) in [4.78, 5) is 25.7. The van der Waals surface area contributed by atoms with Gasteiger partial charge in [-0.25, -0.2) is 0 Å². The zero-order chi connectivity index (χ0) is 24.5. The maximum absolute atomic E-state index is 13.2. The van der Waals surface area contributed by atoms with Crippen LogP contribution in [0.25, 0.3) is 0 Å². The van der Waals surface area contributed by atoms with Gasteiger partial charge in [-0.3, -0.25) is 19.0 Å². The normalized spacial score (nSPS) is 14.6. The fraction of sp³-hybridized carbons (Fsp3) is 0.391. The number of anilines is 2. The molecular weight excluding hydrogens is 449 g/mol. The first kappa shape index (κ1) is 23.5. The largest absolute Gasteiger partial charge is 0.435 e. The number of halogens is 3. The summed E-state index contributed by atoms with van der Waals surface area (Å²) in [5.41, 5.74) is 0.394. The van der Waals surface area contributed by atoms with Crippen molar-refractivity contribution in [1.29, 1.82) is 0 Å². The molecule has 1 atom stereocenters. The second kappa shape index (κ2) is 9.32. The first-order valence-electron chi connectivity index (χ1n) is 11.0. The van der Waals surface area contributed by atoms with Crippen molar-refractivity contribution in [1.82, 2.24) is 19.6 Å². The average molecular weight is 474 g/mol. The van der Waals surface area contributed by atoms with Crippen LogP contribution < -0.4 is 10.6 Å². The van der Waals surface area contributed by atoms with E-state index in [4.69, 9.17) is 0 Å². The number of carbonyl (C=O) groups is 2. The smallest absolute Gasteiger partial charge is 0.322 e. The van der Waals surface area contributed by atoms with E-state index in [-0.39, 0.29) is 23.8 Å². The molecule has 0 aliphatic heterocycles. The molecule has 2 heterocycles. The SMILES string of the molecule is CCn1cc(NC(=O)C(C)Cn2nc(C(F)(F)F)cc2C2CC2)c(C(=O)Nc2ccccc2)n1. The van der Waals surface area contributed by atoms with Crippen LogP contribution in [-0.2, 0) is 24.1 Å². The molecule has 2 aromatic heterocycles. The zero-order valence-electron chi connectivity index (χ0n) is 18.8. The van der Waals surface area contributed by atoms with E-state index >= 15 is 0 Å². The van der Waals surface area contributed by atoms with Gasteiger partial charge in [-0.1, -0.05) is 25.1 Å². The molecule has 11 heteroatoms. The lowest BCUT2D eigenvalue weighted by Gasteiger charge is -2.14. The van der Waals surface area contributed by atoms with Gasteiger partial charge in [-0.15, -0.1) is 0 Å². The molecule has 3 aromatic rings. The Hall–Kier alpha value is -3.63. The first-order valence-corrected chi connectivity index (χ1v) is 11.0. The molecule has 8 nitrogen and oxygen atoms in total. The van der Waals surface area contributed by atoms with Crippen LogP contribution in [-0.4, -0.2) is 31.4 Å². The lowest BCUT2D eigenvalue weighted by atomic mass is 10.1. The van der Waals surface area contributed by atoms with E-state index in [9.17, 15) is 22.8 Å². The van der Waals surface area contributed by atoms with E-state index in [0.29, 0.717) is 17.9 Å². The third-order valence-corrected chi connectivity index (χ3v) is 5.58. The van der Waals surface area contributed by atoms with Crippen LogP contribution in [0.1, 0.15) is 54.5 Å². The molecule has 1 fully saturated rings. The van der Waals surface area contributed by atoms with Gasteiger partial charge in [0.25, 0.3) is 5.91 Å². The van der Waals surface area contributed by atoms with Crippen LogP contribution in [0.15, 0.2) is 42.6 Å². The monoisotopic (exact) mass is 474 g/mol. The van der Waals surface area contributed by atoms with E-state index in [2.05, 4.69) is 20.8 Å². The Balaban J connectivity index is 1.49. The Bertz CT molecular complexity index is 1180. The van der Waals surface area contributed by atoms with Gasteiger partial charge >= 0.3 is 6.18 Å². The van der Waals surface area contributed by atoms with Crippen molar-refractivity contribution in [2.75, 3.05) is 10.6 Å². The second-order valence-corrected chi connectivity index (χ2v) is 8.37. The highest BCUT2D eigenvalue weighted by Gasteiger charge is 2.38. The summed E-state index contributed by atoms with van der Waals surface area (Å²) in [6.45, 7) is 3.92. The molecule has 0 spiro atoms. The molecule has 2 amide bonds. The van der Waals surface area contributed by atoms with Gasteiger partial charge < -0.3 is 10.6 Å². The van der Waals surface area contributed by atoms with Crippen LogP contribution in [0.2, 0.25) is 0 Å². The number of aromatic nitrogens is 4. The van der Waals surface area contributed by atoms with Crippen LogP contribution >= 0.6 is 0 Å². The average Bonchev–Trinajstić information content (AvgIpc) is 3.41. The van der Waals surface area contributed by atoms with Crippen LogP contribution in [0.5, 0.6) is 0 Å². The number of rotatable bonds is 8. The van der Waals surface area contributed by atoms with Crippen molar-refractivity contribution >= 4 is 23.2 Å². The summed E-state index contributed by atoms with van der Waals surface area (Å²) in [7, 11) is 0. The second-order valence-electron chi connectivity index (χ2n) is 8.37.